The topological polar surface area (TPSA) is 38.9 Å². The SMILES string of the molecule is C=C(CC)c1ccncc1.CN. The normalized spacial score (nSPS) is 8.25. The first-order chi connectivity index (χ1) is 5.84. The van der Waals surface area contributed by atoms with Gasteiger partial charge in [0.05, 0.1) is 0 Å². The van der Waals surface area contributed by atoms with E-state index in [1.54, 1.807) is 12.4 Å². The Labute approximate surface area is 74.1 Å². The van der Waals surface area contributed by atoms with Crippen LogP contribution in [0.25, 0.3) is 5.57 Å². The van der Waals surface area contributed by atoms with Crippen molar-refractivity contribution in [1.29, 1.82) is 0 Å². The van der Waals surface area contributed by atoms with Crippen molar-refractivity contribution in [3.63, 3.8) is 0 Å². The van der Waals surface area contributed by atoms with Crippen molar-refractivity contribution in [1.82, 2.24) is 4.98 Å². The summed E-state index contributed by atoms with van der Waals surface area (Å²) in [6.45, 7) is 6.02. The summed E-state index contributed by atoms with van der Waals surface area (Å²) in [6, 6.07) is 3.96. The fraction of sp³-hybridized carbons (Fsp3) is 0.300. The third-order valence-corrected chi connectivity index (χ3v) is 1.52. The van der Waals surface area contributed by atoms with Crippen LogP contribution < -0.4 is 5.73 Å². The zero-order valence-corrected chi connectivity index (χ0v) is 7.75. The molecule has 0 aliphatic heterocycles. The lowest BCUT2D eigenvalue weighted by Crippen LogP contribution is -1.79. The van der Waals surface area contributed by atoms with E-state index < -0.39 is 0 Å². The number of hydrogen-bond donors (Lipinski definition) is 1. The number of hydrogen-bond acceptors (Lipinski definition) is 2. The first-order valence-electron chi connectivity index (χ1n) is 4.00. The molecule has 2 heteroatoms. The van der Waals surface area contributed by atoms with Gasteiger partial charge in [0, 0.05) is 12.4 Å². The maximum atomic E-state index is 4.50. The summed E-state index contributed by atoms with van der Waals surface area (Å²) in [5.41, 5.74) is 6.86. The van der Waals surface area contributed by atoms with Crippen LogP contribution in [0, 0.1) is 0 Å². The molecule has 0 bridgehead atoms. The van der Waals surface area contributed by atoms with Crippen LogP contribution in [0.1, 0.15) is 18.9 Å². The summed E-state index contributed by atoms with van der Waals surface area (Å²) in [6.07, 6.45) is 4.58. The van der Waals surface area contributed by atoms with E-state index in [-0.39, 0.29) is 0 Å². The Morgan fingerprint density at radius 2 is 1.92 bits per heavy atom. The molecule has 12 heavy (non-hydrogen) atoms. The molecule has 66 valence electrons. The molecule has 0 aromatic carbocycles. The summed E-state index contributed by atoms with van der Waals surface area (Å²) in [4.78, 5) is 3.92. The predicted octanol–water partition coefficient (Wildman–Crippen LogP) is 2.08. The minimum absolute atomic E-state index is 1.00. The highest BCUT2D eigenvalue weighted by Gasteiger charge is 1.91. The molecule has 0 saturated carbocycles. The Morgan fingerprint density at radius 1 is 1.42 bits per heavy atom. The Bertz CT molecular complexity index is 217. The summed E-state index contributed by atoms with van der Waals surface area (Å²) in [5.74, 6) is 0. The average Bonchev–Trinajstić information content (AvgIpc) is 2.21. The predicted molar refractivity (Wildman–Crippen MR) is 53.7 cm³/mol. The first kappa shape index (κ1) is 10.8. The molecule has 0 saturated heterocycles. The maximum absolute atomic E-state index is 4.50. The molecule has 2 nitrogen and oxygen atoms in total. The van der Waals surface area contributed by atoms with Crippen LogP contribution in [-0.4, -0.2) is 12.0 Å². The van der Waals surface area contributed by atoms with Crippen molar-refractivity contribution in [2.75, 3.05) is 7.05 Å². The fourth-order valence-corrected chi connectivity index (χ4v) is 0.792. The number of pyridine rings is 1. The van der Waals surface area contributed by atoms with Crippen molar-refractivity contribution in [3.8, 4) is 0 Å². The van der Waals surface area contributed by atoms with Gasteiger partial charge < -0.3 is 5.73 Å². The molecule has 0 spiro atoms. The lowest BCUT2D eigenvalue weighted by Gasteiger charge is -1.99. The highest BCUT2D eigenvalue weighted by Crippen LogP contribution is 2.12. The second-order valence-electron chi connectivity index (χ2n) is 2.19. The van der Waals surface area contributed by atoms with Crippen LogP contribution in [-0.2, 0) is 0 Å². The molecule has 0 fully saturated rings. The van der Waals surface area contributed by atoms with Gasteiger partial charge in [0.1, 0.15) is 0 Å². The Balaban J connectivity index is 0.000000561. The summed E-state index contributed by atoms with van der Waals surface area (Å²) < 4.78 is 0. The van der Waals surface area contributed by atoms with Gasteiger partial charge in [-0.25, -0.2) is 0 Å². The number of rotatable bonds is 2. The zero-order valence-electron chi connectivity index (χ0n) is 7.75. The standard InChI is InChI=1S/C9H11N.CH5N/c1-3-8(2)9-4-6-10-7-5-9;1-2/h4-7H,2-3H2,1H3;2H2,1H3. The largest absolute Gasteiger partial charge is 0.333 e. The minimum Gasteiger partial charge on any atom is -0.333 e. The molecule has 0 atom stereocenters. The molecule has 1 aromatic heterocycles. The lowest BCUT2D eigenvalue weighted by molar-refractivity contribution is 1.23. The Hall–Kier alpha value is -1.15. The Kier molecular flexibility index (Phi) is 5.93. The molecule has 0 unspecified atom stereocenters. The van der Waals surface area contributed by atoms with Crippen LogP contribution in [0.4, 0.5) is 0 Å². The van der Waals surface area contributed by atoms with Crippen LogP contribution in [0.5, 0.6) is 0 Å². The molecule has 0 aliphatic carbocycles. The van der Waals surface area contributed by atoms with E-state index in [1.165, 1.54) is 18.2 Å². The van der Waals surface area contributed by atoms with Crippen LogP contribution in [0.15, 0.2) is 31.1 Å². The lowest BCUT2D eigenvalue weighted by atomic mass is 10.1. The van der Waals surface area contributed by atoms with E-state index in [2.05, 4.69) is 24.2 Å². The first-order valence-corrected chi connectivity index (χ1v) is 4.00. The summed E-state index contributed by atoms with van der Waals surface area (Å²) in [5, 5.41) is 0. The monoisotopic (exact) mass is 164 g/mol. The van der Waals surface area contributed by atoms with Gasteiger partial charge >= 0.3 is 0 Å². The molecule has 0 aliphatic rings. The van der Waals surface area contributed by atoms with E-state index in [1.807, 2.05) is 12.1 Å². The van der Waals surface area contributed by atoms with Crippen LogP contribution in [0.3, 0.4) is 0 Å². The maximum Gasteiger partial charge on any atom is 0.0273 e. The van der Waals surface area contributed by atoms with Crippen LogP contribution in [0.2, 0.25) is 0 Å². The van der Waals surface area contributed by atoms with E-state index in [4.69, 9.17) is 0 Å². The van der Waals surface area contributed by atoms with Crippen molar-refractivity contribution < 1.29 is 0 Å². The van der Waals surface area contributed by atoms with Crippen LogP contribution >= 0.6 is 0 Å². The average molecular weight is 164 g/mol. The van der Waals surface area contributed by atoms with Gasteiger partial charge in [-0.15, -0.1) is 0 Å². The van der Waals surface area contributed by atoms with E-state index >= 15 is 0 Å². The highest BCUT2D eigenvalue weighted by molar-refractivity contribution is 5.62. The molecular formula is C10H16N2. The van der Waals surface area contributed by atoms with Gasteiger partial charge in [0.2, 0.25) is 0 Å². The quantitative estimate of drug-likeness (QED) is 0.726. The summed E-state index contributed by atoms with van der Waals surface area (Å²) >= 11 is 0. The van der Waals surface area contributed by atoms with Gasteiger partial charge in [-0.2, -0.15) is 0 Å². The fourth-order valence-electron chi connectivity index (χ4n) is 0.792. The van der Waals surface area contributed by atoms with Crippen molar-refractivity contribution >= 4 is 5.57 Å². The second-order valence-corrected chi connectivity index (χ2v) is 2.19. The molecular weight excluding hydrogens is 148 g/mol. The number of aromatic nitrogens is 1. The van der Waals surface area contributed by atoms with Gasteiger partial charge in [-0.1, -0.05) is 13.5 Å². The smallest absolute Gasteiger partial charge is 0.0273 e. The van der Waals surface area contributed by atoms with Gasteiger partial charge in [0.15, 0.2) is 0 Å². The number of allylic oxidation sites excluding steroid dienone is 1. The van der Waals surface area contributed by atoms with Gasteiger partial charge in [-0.3, -0.25) is 4.98 Å². The molecule has 1 heterocycles. The highest BCUT2D eigenvalue weighted by atomic mass is 14.6. The van der Waals surface area contributed by atoms with E-state index in [0.29, 0.717) is 0 Å². The zero-order chi connectivity index (χ0) is 9.40. The second kappa shape index (κ2) is 6.55. The molecule has 0 amide bonds. The number of nitrogens with zero attached hydrogens (tertiary/aromatic N) is 1. The van der Waals surface area contributed by atoms with Gasteiger partial charge in [0.25, 0.3) is 0 Å². The number of nitrogens with two attached hydrogens (primary N) is 1. The van der Waals surface area contributed by atoms with Crippen molar-refractivity contribution in [2.45, 2.75) is 13.3 Å². The molecule has 1 aromatic rings. The van der Waals surface area contributed by atoms with Gasteiger partial charge in [-0.05, 0) is 36.7 Å². The van der Waals surface area contributed by atoms with E-state index in [0.717, 1.165) is 6.42 Å². The van der Waals surface area contributed by atoms with E-state index in [9.17, 15) is 0 Å². The Morgan fingerprint density at radius 3 is 2.33 bits per heavy atom. The van der Waals surface area contributed by atoms with Crippen molar-refractivity contribution in [2.24, 2.45) is 5.73 Å². The molecule has 2 N–H and O–H groups in total. The summed E-state index contributed by atoms with van der Waals surface area (Å²) in [7, 11) is 1.50. The third-order valence-electron chi connectivity index (χ3n) is 1.52. The third kappa shape index (κ3) is 3.30. The molecule has 0 radical (unpaired) electrons. The minimum atomic E-state index is 1.00. The van der Waals surface area contributed by atoms with Crippen molar-refractivity contribution in [3.05, 3.63) is 36.7 Å². The molecule has 1 rings (SSSR count).